The van der Waals surface area contributed by atoms with Crippen molar-refractivity contribution in [3.63, 3.8) is 0 Å². The van der Waals surface area contributed by atoms with Crippen LogP contribution >= 0.6 is 0 Å². The molecule has 0 spiro atoms. The number of rotatable bonds is 4. The lowest BCUT2D eigenvalue weighted by molar-refractivity contribution is 0.0967. The zero-order valence-corrected chi connectivity index (χ0v) is 12.0. The van der Waals surface area contributed by atoms with Crippen molar-refractivity contribution in [1.29, 1.82) is 0 Å². The van der Waals surface area contributed by atoms with Gasteiger partial charge in [-0.05, 0) is 36.4 Å². The number of anilines is 1. The minimum atomic E-state index is -0.541. The summed E-state index contributed by atoms with van der Waals surface area (Å²) in [7, 11) is 1.56. The van der Waals surface area contributed by atoms with Crippen LogP contribution in [-0.2, 0) is 0 Å². The van der Waals surface area contributed by atoms with E-state index in [4.69, 9.17) is 4.74 Å². The van der Waals surface area contributed by atoms with Crippen LogP contribution in [0.15, 0.2) is 58.9 Å². The monoisotopic (exact) mass is 297 g/mol. The van der Waals surface area contributed by atoms with Crippen LogP contribution < -0.4 is 9.75 Å². The molecule has 1 N–H and O–H groups in total. The Morgan fingerprint density at radius 1 is 1.27 bits per heavy atom. The molecule has 3 rings (SSSR count). The number of hydrogen-bond donors (Lipinski definition) is 1. The predicted molar refractivity (Wildman–Crippen MR) is 81.4 cm³/mol. The molecule has 6 heteroatoms. The van der Waals surface area contributed by atoms with Crippen molar-refractivity contribution in [3.05, 3.63) is 54.1 Å². The minimum absolute atomic E-state index is 0.0936. The fourth-order valence-corrected chi connectivity index (χ4v) is 2.25. The predicted octanol–water partition coefficient (Wildman–Crippen LogP) is 2.84. The van der Waals surface area contributed by atoms with E-state index >= 15 is 0 Å². The molecule has 112 valence electrons. The van der Waals surface area contributed by atoms with Crippen LogP contribution in [-0.4, -0.2) is 30.6 Å². The highest BCUT2D eigenvalue weighted by Crippen LogP contribution is 2.24. The Hall–Kier alpha value is -2.89. The van der Waals surface area contributed by atoms with Gasteiger partial charge in [0.1, 0.15) is 11.5 Å². The first-order valence-corrected chi connectivity index (χ1v) is 6.83. The molecule has 0 bridgehead atoms. The normalized spacial score (nSPS) is 16.8. The van der Waals surface area contributed by atoms with E-state index in [2.05, 4.69) is 10.3 Å². The third kappa shape index (κ3) is 2.76. The van der Waals surface area contributed by atoms with Crippen LogP contribution in [0.1, 0.15) is 10.4 Å². The molecular formula is C16H15N3O3. The van der Waals surface area contributed by atoms with Crippen molar-refractivity contribution in [2.75, 3.05) is 18.7 Å². The Balaban J connectivity index is 1.73. The van der Waals surface area contributed by atoms with Crippen LogP contribution in [0.25, 0.3) is 0 Å². The quantitative estimate of drug-likeness (QED) is 0.881. The molecule has 1 unspecified atom stereocenters. The molecule has 1 aliphatic heterocycles. The summed E-state index contributed by atoms with van der Waals surface area (Å²) in [5.74, 6) is 0.726. The lowest BCUT2D eigenvalue weighted by Crippen LogP contribution is -2.27. The van der Waals surface area contributed by atoms with Gasteiger partial charge in [-0.1, -0.05) is 17.4 Å². The number of nitrogens with zero attached hydrogens (tertiary/aromatic N) is 3. The summed E-state index contributed by atoms with van der Waals surface area (Å²) in [6, 6.07) is 13.1. The van der Waals surface area contributed by atoms with Crippen LogP contribution in [0, 0.1) is 0 Å². The molecule has 0 aromatic heterocycles. The van der Waals surface area contributed by atoms with Gasteiger partial charge in [0.05, 0.1) is 19.3 Å². The smallest absolute Gasteiger partial charge is 0.191 e. The maximum Gasteiger partial charge on any atom is 0.191 e. The maximum atomic E-state index is 12.5. The SMILES string of the molecule is COc1cccc(C(=O)C2CN(c3ccc(O)cc3)N=N2)c1. The average Bonchev–Trinajstić information content (AvgIpc) is 3.05. The van der Waals surface area contributed by atoms with Gasteiger partial charge in [0, 0.05) is 5.56 Å². The third-order valence-corrected chi connectivity index (χ3v) is 3.45. The van der Waals surface area contributed by atoms with Gasteiger partial charge in [-0.3, -0.25) is 4.79 Å². The molecule has 0 saturated carbocycles. The van der Waals surface area contributed by atoms with Crippen molar-refractivity contribution in [2.24, 2.45) is 10.3 Å². The molecule has 0 aliphatic carbocycles. The lowest BCUT2D eigenvalue weighted by atomic mass is 10.0. The highest BCUT2D eigenvalue weighted by atomic mass is 16.5. The molecule has 0 radical (unpaired) electrons. The number of phenolic OH excluding ortho intramolecular Hbond substituents is 1. The molecule has 22 heavy (non-hydrogen) atoms. The standard InChI is InChI=1S/C16H15N3O3/c1-22-14-4-2-3-11(9-14)16(21)15-10-19(18-17-15)12-5-7-13(20)8-6-12/h2-9,15,20H,10H2,1H3. The van der Waals surface area contributed by atoms with Crippen LogP contribution in [0.2, 0.25) is 0 Å². The Morgan fingerprint density at radius 3 is 2.77 bits per heavy atom. The third-order valence-electron chi connectivity index (χ3n) is 3.45. The summed E-state index contributed by atoms with van der Waals surface area (Å²) in [6.07, 6.45) is 0. The van der Waals surface area contributed by atoms with E-state index < -0.39 is 6.04 Å². The molecule has 1 atom stereocenters. The maximum absolute atomic E-state index is 12.5. The van der Waals surface area contributed by atoms with Gasteiger partial charge in [0.2, 0.25) is 0 Å². The van der Waals surface area contributed by atoms with E-state index in [1.54, 1.807) is 60.6 Å². The number of carbonyl (C=O) groups excluding carboxylic acids is 1. The molecular weight excluding hydrogens is 282 g/mol. The number of phenols is 1. The summed E-state index contributed by atoms with van der Waals surface area (Å²) >= 11 is 0. The van der Waals surface area contributed by atoms with Crippen molar-refractivity contribution in [3.8, 4) is 11.5 Å². The Bertz CT molecular complexity index is 713. The van der Waals surface area contributed by atoms with E-state index in [1.165, 1.54) is 0 Å². The molecule has 0 saturated heterocycles. The summed E-state index contributed by atoms with van der Waals surface area (Å²) < 4.78 is 5.13. The van der Waals surface area contributed by atoms with Crippen molar-refractivity contribution in [1.82, 2.24) is 0 Å². The van der Waals surface area contributed by atoms with Gasteiger partial charge in [0.25, 0.3) is 0 Å². The minimum Gasteiger partial charge on any atom is -0.508 e. The van der Waals surface area contributed by atoms with Crippen molar-refractivity contribution < 1.29 is 14.6 Å². The summed E-state index contributed by atoms with van der Waals surface area (Å²) in [6.45, 7) is 0.376. The second kappa shape index (κ2) is 5.85. The van der Waals surface area contributed by atoms with Crippen molar-refractivity contribution >= 4 is 11.5 Å². The number of ketones is 1. The Kier molecular flexibility index (Phi) is 3.74. The molecule has 0 amide bonds. The first-order valence-electron chi connectivity index (χ1n) is 6.83. The zero-order chi connectivity index (χ0) is 15.5. The van der Waals surface area contributed by atoms with Gasteiger partial charge in [-0.25, -0.2) is 5.01 Å². The van der Waals surface area contributed by atoms with Crippen LogP contribution in [0.5, 0.6) is 11.5 Å². The van der Waals surface area contributed by atoms with E-state index in [0.29, 0.717) is 17.9 Å². The van der Waals surface area contributed by atoms with E-state index in [0.717, 1.165) is 5.69 Å². The Labute approximate surface area is 127 Å². The van der Waals surface area contributed by atoms with E-state index in [9.17, 15) is 9.90 Å². The molecule has 1 aliphatic rings. The molecule has 2 aromatic carbocycles. The number of ether oxygens (including phenoxy) is 1. The molecule has 2 aromatic rings. The highest BCUT2D eigenvalue weighted by molar-refractivity contribution is 6.01. The van der Waals surface area contributed by atoms with Crippen LogP contribution in [0.4, 0.5) is 5.69 Å². The van der Waals surface area contributed by atoms with Crippen LogP contribution in [0.3, 0.4) is 0 Å². The van der Waals surface area contributed by atoms with E-state index in [-0.39, 0.29) is 11.5 Å². The molecule has 1 heterocycles. The highest BCUT2D eigenvalue weighted by Gasteiger charge is 2.28. The lowest BCUT2D eigenvalue weighted by Gasteiger charge is -2.13. The fraction of sp³-hybridized carbons (Fsp3) is 0.188. The number of benzene rings is 2. The van der Waals surface area contributed by atoms with Gasteiger partial charge < -0.3 is 9.84 Å². The average molecular weight is 297 g/mol. The second-order valence-corrected chi connectivity index (χ2v) is 4.92. The second-order valence-electron chi connectivity index (χ2n) is 4.92. The summed E-state index contributed by atoms with van der Waals surface area (Å²) in [5.41, 5.74) is 1.33. The number of carbonyl (C=O) groups is 1. The fourth-order valence-electron chi connectivity index (χ4n) is 2.25. The number of methoxy groups -OCH3 is 1. The number of aromatic hydroxyl groups is 1. The number of hydrogen-bond acceptors (Lipinski definition) is 6. The largest absolute Gasteiger partial charge is 0.508 e. The van der Waals surface area contributed by atoms with Gasteiger partial charge in [-0.2, -0.15) is 5.11 Å². The Morgan fingerprint density at radius 2 is 2.05 bits per heavy atom. The number of Topliss-reactive ketones (excluding diaryl/α,β-unsaturated/α-hetero) is 1. The van der Waals surface area contributed by atoms with Gasteiger partial charge in [0.15, 0.2) is 11.8 Å². The van der Waals surface area contributed by atoms with Gasteiger partial charge >= 0.3 is 0 Å². The zero-order valence-electron chi connectivity index (χ0n) is 12.0. The van der Waals surface area contributed by atoms with Gasteiger partial charge in [-0.15, -0.1) is 0 Å². The summed E-state index contributed by atoms with van der Waals surface area (Å²) in [5, 5.41) is 19.0. The van der Waals surface area contributed by atoms with Crippen molar-refractivity contribution in [2.45, 2.75) is 6.04 Å². The summed E-state index contributed by atoms with van der Waals surface area (Å²) in [4.78, 5) is 12.5. The molecule has 0 fully saturated rings. The van der Waals surface area contributed by atoms with E-state index in [1.807, 2.05) is 0 Å². The topological polar surface area (TPSA) is 74.5 Å². The molecule has 6 nitrogen and oxygen atoms in total. The first kappa shape index (κ1) is 14.1. The first-order chi connectivity index (χ1) is 10.7.